The van der Waals surface area contributed by atoms with Gasteiger partial charge in [0.1, 0.15) is 11.3 Å². The first-order valence-corrected chi connectivity index (χ1v) is 7.30. The molecule has 0 fully saturated rings. The average Bonchev–Trinajstić information content (AvgIpc) is 2.50. The smallest absolute Gasteiger partial charge is 0.168 e. The molecule has 0 aliphatic rings. The van der Waals surface area contributed by atoms with Gasteiger partial charge in [-0.25, -0.2) is 4.98 Å². The van der Waals surface area contributed by atoms with E-state index >= 15 is 0 Å². The number of ketones is 1. The molecule has 0 aliphatic carbocycles. The number of fused-ring (bicyclic) bond motifs is 1. The molecule has 0 aliphatic heterocycles. The van der Waals surface area contributed by atoms with Crippen LogP contribution in [0.4, 0.5) is 0 Å². The van der Waals surface area contributed by atoms with Crippen LogP contribution in [0.15, 0.2) is 59.1 Å². The number of carbonyl (C=O) groups excluding carboxylic acids is 1. The van der Waals surface area contributed by atoms with E-state index in [2.05, 4.69) is 20.9 Å². The fourth-order valence-corrected chi connectivity index (χ4v) is 2.67. The molecule has 4 heteroatoms. The summed E-state index contributed by atoms with van der Waals surface area (Å²) in [6.07, 6.45) is 0.189. The Morgan fingerprint density at radius 2 is 1.86 bits per heavy atom. The van der Waals surface area contributed by atoms with Gasteiger partial charge in [0.05, 0.1) is 12.1 Å². The van der Waals surface area contributed by atoms with Crippen LogP contribution in [-0.4, -0.2) is 15.9 Å². The molecule has 0 saturated carbocycles. The summed E-state index contributed by atoms with van der Waals surface area (Å²) in [5.74, 6) is 0.118. The lowest BCUT2D eigenvalue weighted by molar-refractivity contribution is 0.0992. The third kappa shape index (κ3) is 2.81. The molecule has 0 saturated heterocycles. The number of carbonyl (C=O) groups is 1. The molecule has 21 heavy (non-hydrogen) atoms. The monoisotopic (exact) mass is 341 g/mol. The number of aromatic nitrogens is 1. The van der Waals surface area contributed by atoms with Gasteiger partial charge in [0.2, 0.25) is 0 Å². The van der Waals surface area contributed by atoms with Gasteiger partial charge in [0.25, 0.3) is 0 Å². The van der Waals surface area contributed by atoms with E-state index in [-0.39, 0.29) is 18.0 Å². The van der Waals surface area contributed by atoms with Gasteiger partial charge in [-0.1, -0.05) is 42.5 Å². The van der Waals surface area contributed by atoms with Crippen LogP contribution in [0.25, 0.3) is 10.9 Å². The average molecular weight is 342 g/mol. The molecule has 0 bridgehead atoms. The predicted octanol–water partition coefficient (Wildman–Crippen LogP) is 4.13. The molecule has 1 aromatic heterocycles. The first kappa shape index (κ1) is 13.8. The van der Waals surface area contributed by atoms with Crippen LogP contribution in [0.5, 0.6) is 5.75 Å². The van der Waals surface area contributed by atoms with Crippen molar-refractivity contribution in [3.8, 4) is 5.75 Å². The fraction of sp³-hybridized carbons (Fsp3) is 0.0588. The lowest BCUT2D eigenvalue weighted by atomic mass is 10.1. The Balaban J connectivity index is 1.99. The largest absolute Gasteiger partial charge is 0.506 e. The predicted molar refractivity (Wildman–Crippen MR) is 85.6 cm³/mol. The Hall–Kier alpha value is -2.20. The number of nitrogens with zero attached hydrogens (tertiary/aromatic N) is 1. The minimum atomic E-state index is -0.00132. The van der Waals surface area contributed by atoms with E-state index < -0.39 is 0 Å². The highest BCUT2D eigenvalue weighted by Gasteiger charge is 2.13. The molecular formula is C17H12BrNO2. The number of aromatic hydroxyl groups is 1. The number of para-hydroxylation sites is 1. The fourth-order valence-electron chi connectivity index (χ4n) is 2.20. The first-order valence-electron chi connectivity index (χ1n) is 6.50. The molecule has 1 heterocycles. The Bertz CT molecular complexity index is 816. The number of benzene rings is 2. The van der Waals surface area contributed by atoms with Crippen LogP contribution in [0.2, 0.25) is 0 Å². The molecule has 0 radical (unpaired) electrons. The molecule has 0 spiro atoms. The molecule has 2 aromatic carbocycles. The molecule has 3 rings (SSSR count). The van der Waals surface area contributed by atoms with Gasteiger partial charge in [-0.2, -0.15) is 0 Å². The molecule has 0 amide bonds. The second kappa shape index (κ2) is 5.66. The number of pyridine rings is 1. The molecule has 104 valence electrons. The number of Topliss-reactive ketones (excluding diaryl/α,β-unsaturated/α-hetero) is 1. The second-order valence-corrected chi connectivity index (χ2v) is 5.59. The highest BCUT2D eigenvalue weighted by molar-refractivity contribution is 9.10. The van der Waals surface area contributed by atoms with Crippen LogP contribution in [0.1, 0.15) is 16.1 Å². The Morgan fingerprint density at radius 1 is 1.10 bits per heavy atom. The lowest BCUT2D eigenvalue weighted by Crippen LogP contribution is -2.06. The number of hydrogen-bond donors (Lipinski definition) is 1. The van der Waals surface area contributed by atoms with Crippen molar-refractivity contribution in [2.24, 2.45) is 0 Å². The van der Waals surface area contributed by atoms with Crippen LogP contribution in [0.3, 0.4) is 0 Å². The summed E-state index contributed by atoms with van der Waals surface area (Å²) in [5.41, 5.74) is 1.79. The summed E-state index contributed by atoms with van der Waals surface area (Å²) in [5, 5.41) is 10.7. The van der Waals surface area contributed by atoms with E-state index in [0.717, 1.165) is 9.86 Å². The minimum Gasteiger partial charge on any atom is -0.506 e. The zero-order chi connectivity index (χ0) is 14.8. The van der Waals surface area contributed by atoms with Gasteiger partial charge in [-0.05, 0) is 28.1 Å². The molecule has 3 aromatic rings. The van der Waals surface area contributed by atoms with Crippen molar-refractivity contribution < 1.29 is 9.90 Å². The number of hydrogen-bond acceptors (Lipinski definition) is 3. The van der Waals surface area contributed by atoms with Crippen LogP contribution < -0.4 is 0 Å². The van der Waals surface area contributed by atoms with Gasteiger partial charge in [0, 0.05) is 15.4 Å². The van der Waals surface area contributed by atoms with Gasteiger partial charge in [-0.15, -0.1) is 0 Å². The van der Waals surface area contributed by atoms with Gasteiger partial charge in [0.15, 0.2) is 5.78 Å². The van der Waals surface area contributed by atoms with E-state index in [4.69, 9.17) is 0 Å². The number of rotatable bonds is 3. The lowest BCUT2D eigenvalue weighted by Gasteiger charge is -2.07. The summed E-state index contributed by atoms with van der Waals surface area (Å²) in [4.78, 5) is 16.7. The third-order valence-electron chi connectivity index (χ3n) is 3.27. The number of halogens is 1. The molecule has 0 atom stereocenters. The van der Waals surface area contributed by atoms with E-state index in [9.17, 15) is 9.90 Å². The number of phenols is 1. The van der Waals surface area contributed by atoms with Gasteiger partial charge in [-0.3, -0.25) is 4.79 Å². The van der Waals surface area contributed by atoms with Crippen LogP contribution in [0, 0.1) is 0 Å². The second-order valence-electron chi connectivity index (χ2n) is 4.73. The zero-order valence-corrected chi connectivity index (χ0v) is 12.7. The normalized spacial score (nSPS) is 10.7. The molecule has 1 N–H and O–H groups in total. The Kier molecular flexibility index (Phi) is 3.71. The summed E-state index contributed by atoms with van der Waals surface area (Å²) >= 11 is 3.45. The summed E-state index contributed by atoms with van der Waals surface area (Å²) in [6.45, 7) is 0. The van der Waals surface area contributed by atoms with Gasteiger partial charge < -0.3 is 5.11 Å². The molecule has 0 unspecified atom stereocenters. The van der Waals surface area contributed by atoms with E-state index in [1.165, 1.54) is 0 Å². The summed E-state index contributed by atoms with van der Waals surface area (Å²) < 4.78 is 0.768. The maximum atomic E-state index is 12.3. The van der Waals surface area contributed by atoms with E-state index in [1.807, 2.05) is 30.3 Å². The van der Waals surface area contributed by atoms with Crippen molar-refractivity contribution in [3.63, 3.8) is 0 Å². The van der Waals surface area contributed by atoms with Crippen molar-refractivity contribution in [1.82, 2.24) is 4.98 Å². The minimum absolute atomic E-state index is 0.00132. The maximum Gasteiger partial charge on any atom is 0.168 e. The zero-order valence-electron chi connectivity index (χ0n) is 11.1. The van der Waals surface area contributed by atoms with Crippen LogP contribution in [-0.2, 0) is 6.42 Å². The maximum absolute atomic E-state index is 12.3. The first-order chi connectivity index (χ1) is 10.1. The Morgan fingerprint density at radius 3 is 2.62 bits per heavy atom. The quantitative estimate of drug-likeness (QED) is 0.728. The highest BCUT2D eigenvalue weighted by Crippen LogP contribution is 2.27. The standard InChI is InChI=1S/C17H12BrNO2/c18-13-9-12-7-4-8-15(20)17(12)19-14(13)10-16(21)11-5-2-1-3-6-11/h1-9,20H,10H2. The van der Waals surface area contributed by atoms with Gasteiger partial charge >= 0.3 is 0 Å². The SMILES string of the molecule is O=C(Cc1nc2c(O)cccc2cc1Br)c1ccccc1. The van der Waals surface area contributed by atoms with Crippen molar-refractivity contribution >= 4 is 32.6 Å². The van der Waals surface area contributed by atoms with Crippen molar-refractivity contribution in [2.45, 2.75) is 6.42 Å². The highest BCUT2D eigenvalue weighted by atomic mass is 79.9. The summed E-state index contributed by atoms with van der Waals surface area (Å²) in [6, 6.07) is 16.2. The van der Waals surface area contributed by atoms with Crippen molar-refractivity contribution in [3.05, 3.63) is 70.3 Å². The van der Waals surface area contributed by atoms with E-state index in [1.54, 1.807) is 24.3 Å². The third-order valence-corrected chi connectivity index (χ3v) is 3.96. The van der Waals surface area contributed by atoms with Crippen molar-refractivity contribution in [2.75, 3.05) is 0 Å². The molecular weight excluding hydrogens is 330 g/mol. The number of phenolic OH excluding ortho intramolecular Hbond substituents is 1. The summed E-state index contributed by atoms with van der Waals surface area (Å²) in [7, 11) is 0. The molecule has 3 nitrogen and oxygen atoms in total. The van der Waals surface area contributed by atoms with E-state index in [0.29, 0.717) is 16.8 Å². The van der Waals surface area contributed by atoms with Crippen molar-refractivity contribution in [1.29, 1.82) is 0 Å². The Labute approximate surface area is 130 Å². The van der Waals surface area contributed by atoms with Crippen LogP contribution >= 0.6 is 15.9 Å². The topological polar surface area (TPSA) is 50.2 Å².